The molecule has 6 heteroatoms. The fourth-order valence-electron chi connectivity index (χ4n) is 3.90. The van der Waals surface area contributed by atoms with Gasteiger partial charge in [0.05, 0.1) is 11.0 Å². The molecule has 1 aliphatic rings. The molecule has 1 saturated heterocycles. The average Bonchev–Trinajstić information content (AvgIpc) is 2.70. The van der Waals surface area contributed by atoms with Crippen LogP contribution in [0.4, 0.5) is 5.69 Å². The number of fused-ring (bicyclic) bond motifs is 1. The molecule has 0 N–H and O–H groups in total. The molecule has 2 heterocycles. The van der Waals surface area contributed by atoms with Gasteiger partial charge < -0.3 is 14.4 Å². The Labute approximate surface area is 164 Å². The zero-order chi connectivity index (χ0) is 19.8. The van der Waals surface area contributed by atoms with Crippen LogP contribution in [-0.4, -0.2) is 46.0 Å². The van der Waals surface area contributed by atoms with Crippen LogP contribution in [0.3, 0.4) is 0 Å². The summed E-state index contributed by atoms with van der Waals surface area (Å²) in [7, 11) is 1.68. The second-order valence-corrected chi connectivity index (χ2v) is 7.45. The number of rotatable bonds is 2. The van der Waals surface area contributed by atoms with Crippen molar-refractivity contribution in [2.75, 3.05) is 24.5 Å². The van der Waals surface area contributed by atoms with E-state index in [1.807, 2.05) is 24.3 Å². The van der Waals surface area contributed by atoms with E-state index in [1.54, 1.807) is 11.9 Å². The Morgan fingerprint density at radius 3 is 2.64 bits per heavy atom. The number of carbonyl (C=O) groups is 1. The standard InChI is InChI=1S/C22H24N4O2/c1-15-7-6-8-17(13-15)26-12-11-25(14-16(26)2)22(28)20-21(27)24(3)19-10-5-4-9-18(19)23-20/h4-10,13,16H,11-12,14H2,1-3H3/t16-/m0/s1. The smallest absolute Gasteiger partial charge is 0.282 e. The van der Waals surface area contributed by atoms with E-state index in [4.69, 9.17) is 0 Å². The second-order valence-electron chi connectivity index (χ2n) is 7.45. The number of para-hydroxylation sites is 2. The summed E-state index contributed by atoms with van der Waals surface area (Å²) in [5.41, 5.74) is 3.40. The maximum absolute atomic E-state index is 13.1. The quantitative estimate of drug-likeness (QED) is 0.690. The number of nitrogens with zero attached hydrogens (tertiary/aromatic N) is 4. The molecule has 6 nitrogen and oxygen atoms in total. The highest BCUT2D eigenvalue weighted by Crippen LogP contribution is 2.22. The van der Waals surface area contributed by atoms with Crippen molar-refractivity contribution in [3.8, 4) is 0 Å². The first-order chi connectivity index (χ1) is 13.5. The van der Waals surface area contributed by atoms with Crippen LogP contribution in [0, 0.1) is 6.92 Å². The number of benzene rings is 2. The van der Waals surface area contributed by atoms with Gasteiger partial charge in [-0.1, -0.05) is 24.3 Å². The van der Waals surface area contributed by atoms with Crippen LogP contribution in [0.2, 0.25) is 0 Å². The molecule has 0 saturated carbocycles. The maximum Gasteiger partial charge on any atom is 0.282 e. The third-order valence-corrected chi connectivity index (χ3v) is 5.43. The highest BCUT2D eigenvalue weighted by atomic mass is 16.2. The Morgan fingerprint density at radius 1 is 1.11 bits per heavy atom. The topological polar surface area (TPSA) is 58.4 Å². The van der Waals surface area contributed by atoms with Gasteiger partial charge in [-0.2, -0.15) is 0 Å². The van der Waals surface area contributed by atoms with Gasteiger partial charge >= 0.3 is 0 Å². The van der Waals surface area contributed by atoms with E-state index in [-0.39, 0.29) is 23.2 Å². The summed E-state index contributed by atoms with van der Waals surface area (Å²) >= 11 is 0. The van der Waals surface area contributed by atoms with Crippen LogP contribution < -0.4 is 10.5 Å². The van der Waals surface area contributed by atoms with Crippen molar-refractivity contribution in [1.82, 2.24) is 14.5 Å². The largest absolute Gasteiger partial charge is 0.365 e. The van der Waals surface area contributed by atoms with Gasteiger partial charge in [0.2, 0.25) is 0 Å². The van der Waals surface area contributed by atoms with Crippen LogP contribution in [0.25, 0.3) is 11.0 Å². The summed E-state index contributed by atoms with van der Waals surface area (Å²) < 4.78 is 1.50. The average molecular weight is 376 g/mol. The Bertz CT molecular complexity index is 1110. The number of aromatic nitrogens is 2. The van der Waals surface area contributed by atoms with Crippen molar-refractivity contribution in [2.45, 2.75) is 19.9 Å². The molecule has 0 aliphatic carbocycles. The monoisotopic (exact) mass is 376 g/mol. The Morgan fingerprint density at radius 2 is 1.89 bits per heavy atom. The molecule has 0 unspecified atom stereocenters. The number of hydrogen-bond donors (Lipinski definition) is 0. The van der Waals surface area contributed by atoms with Gasteiger partial charge in [0.25, 0.3) is 11.5 Å². The number of amides is 1. The summed E-state index contributed by atoms with van der Waals surface area (Å²) in [5, 5.41) is 0. The molecule has 4 rings (SSSR count). The van der Waals surface area contributed by atoms with E-state index in [0.29, 0.717) is 18.6 Å². The van der Waals surface area contributed by atoms with E-state index >= 15 is 0 Å². The minimum absolute atomic E-state index is 0.00240. The summed E-state index contributed by atoms with van der Waals surface area (Å²) in [6.07, 6.45) is 0. The van der Waals surface area contributed by atoms with E-state index in [2.05, 4.69) is 48.0 Å². The highest BCUT2D eigenvalue weighted by molar-refractivity contribution is 5.94. The number of hydrogen-bond acceptors (Lipinski definition) is 4. The molecule has 28 heavy (non-hydrogen) atoms. The molecule has 1 atom stereocenters. The molecule has 3 aromatic rings. The maximum atomic E-state index is 13.1. The molecule has 1 aliphatic heterocycles. The fraction of sp³-hybridized carbons (Fsp3) is 0.318. The molecule has 0 bridgehead atoms. The first-order valence-corrected chi connectivity index (χ1v) is 9.54. The van der Waals surface area contributed by atoms with Gasteiger partial charge in [-0.25, -0.2) is 4.98 Å². The minimum Gasteiger partial charge on any atom is -0.365 e. The predicted molar refractivity (Wildman–Crippen MR) is 111 cm³/mol. The van der Waals surface area contributed by atoms with Crippen LogP contribution >= 0.6 is 0 Å². The lowest BCUT2D eigenvalue weighted by Crippen LogP contribution is -2.54. The molecule has 0 radical (unpaired) electrons. The van der Waals surface area contributed by atoms with Crippen LogP contribution in [-0.2, 0) is 7.05 Å². The molecular weight excluding hydrogens is 352 g/mol. The molecular formula is C22H24N4O2. The predicted octanol–water partition coefficient (Wildman–Crippen LogP) is 2.59. The molecule has 144 valence electrons. The summed E-state index contributed by atoms with van der Waals surface area (Å²) in [6, 6.07) is 15.9. The number of aryl methyl sites for hydroxylation is 2. The van der Waals surface area contributed by atoms with Crippen molar-refractivity contribution < 1.29 is 4.79 Å². The molecule has 1 aromatic heterocycles. The summed E-state index contributed by atoms with van der Waals surface area (Å²) in [5.74, 6) is -0.290. The Hall–Kier alpha value is -3.15. The minimum atomic E-state index is -0.350. The summed E-state index contributed by atoms with van der Waals surface area (Å²) in [6.45, 7) is 6.03. The Balaban J connectivity index is 1.60. The van der Waals surface area contributed by atoms with Crippen molar-refractivity contribution in [3.05, 3.63) is 70.1 Å². The molecule has 2 aromatic carbocycles. The normalized spacial score (nSPS) is 17.2. The highest BCUT2D eigenvalue weighted by Gasteiger charge is 2.30. The van der Waals surface area contributed by atoms with Crippen molar-refractivity contribution in [1.29, 1.82) is 0 Å². The van der Waals surface area contributed by atoms with E-state index in [1.165, 1.54) is 15.8 Å². The zero-order valence-corrected chi connectivity index (χ0v) is 16.4. The number of carbonyl (C=O) groups excluding carboxylic acids is 1. The van der Waals surface area contributed by atoms with Crippen molar-refractivity contribution >= 4 is 22.6 Å². The van der Waals surface area contributed by atoms with Gasteiger partial charge in [0, 0.05) is 38.4 Å². The SMILES string of the molecule is Cc1cccc(N2CCN(C(=O)c3nc4ccccc4n(C)c3=O)C[C@@H]2C)c1. The lowest BCUT2D eigenvalue weighted by atomic mass is 10.1. The first kappa shape index (κ1) is 18.2. The molecule has 0 spiro atoms. The van der Waals surface area contributed by atoms with Gasteiger partial charge in [-0.3, -0.25) is 9.59 Å². The fourth-order valence-corrected chi connectivity index (χ4v) is 3.90. The molecule has 1 amide bonds. The van der Waals surface area contributed by atoms with E-state index < -0.39 is 0 Å². The lowest BCUT2D eigenvalue weighted by Gasteiger charge is -2.41. The summed E-state index contributed by atoms with van der Waals surface area (Å²) in [4.78, 5) is 34.2. The second kappa shape index (κ2) is 7.11. The third-order valence-electron chi connectivity index (χ3n) is 5.43. The van der Waals surface area contributed by atoms with E-state index in [9.17, 15) is 9.59 Å². The zero-order valence-electron chi connectivity index (χ0n) is 16.4. The van der Waals surface area contributed by atoms with E-state index in [0.717, 1.165) is 12.1 Å². The van der Waals surface area contributed by atoms with Crippen LogP contribution in [0.1, 0.15) is 23.0 Å². The number of piperazine rings is 1. The van der Waals surface area contributed by atoms with Gasteiger partial charge in [0.15, 0.2) is 5.69 Å². The lowest BCUT2D eigenvalue weighted by molar-refractivity contribution is 0.0718. The Kier molecular flexibility index (Phi) is 4.63. The van der Waals surface area contributed by atoms with Crippen LogP contribution in [0.15, 0.2) is 53.3 Å². The first-order valence-electron chi connectivity index (χ1n) is 9.54. The van der Waals surface area contributed by atoms with Crippen molar-refractivity contribution in [3.63, 3.8) is 0 Å². The van der Waals surface area contributed by atoms with Gasteiger partial charge in [-0.15, -0.1) is 0 Å². The van der Waals surface area contributed by atoms with Crippen molar-refractivity contribution in [2.24, 2.45) is 7.05 Å². The molecule has 1 fully saturated rings. The van der Waals surface area contributed by atoms with Crippen LogP contribution in [0.5, 0.6) is 0 Å². The third kappa shape index (κ3) is 3.15. The van der Waals surface area contributed by atoms with Gasteiger partial charge in [0.1, 0.15) is 0 Å². The number of anilines is 1. The van der Waals surface area contributed by atoms with Gasteiger partial charge in [-0.05, 0) is 43.7 Å².